The summed E-state index contributed by atoms with van der Waals surface area (Å²) in [6, 6.07) is 0.345. The predicted octanol–water partition coefficient (Wildman–Crippen LogP) is 1.39. The zero-order valence-electron chi connectivity index (χ0n) is 10.2. The van der Waals surface area contributed by atoms with E-state index in [-0.39, 0.29) is 12.0 Å². The van der Waals surface area contributed by atoms with E-state index in [1.165, 1.54) is 25.7 Å². The van der Waals surface area contributed by atoms with Crippen LogP contribution in [0, 0.1) is 5.41 Å². The van der Waals surface area contributed by atoms with Crippen LogP contribution in [0.15, 0.2) is 0 Å². The van der Waals surface area contributed by atoms with Gasteiger partial charge in [-0.05, 0) is 32.2 Å². The predicted molar refractivity (Wildman–Crippen MR) is 64.3 cm³/mol. The lowest BCUT2D eigenvalue weighted by Crippen LogP contribution is -2.48. The smallest absolute Gasteiger partial charge is 0.0586 e. The topological polar surface area (TPSA) is 43.7 Å². The Kier molecular flexibility index (Phi) is 4.22. The molecule has 2 aliphatic rings. The van der Waals surface area contributed by atoms with Gasteiger partial charge in [-0.15, -0.1) is 0 Å². The summed E-state index contributed by atoms with van der Waals surface area (Å²) in [6.07, 6.45) is 8.47. The minimum atomic E-state index is 0.144. The van der Waals surface area contributed by atoms with Gasteiger partial charge >= 0.3 is 0 Å². The van der Waals surface area contributed by atoms with Crippen molar-refractivity contribution in [1.82, 2.24) is 4.90 Å². The van der Waals surface area contributed by atoms with Crippen molar-refractivity contribution in [3.8, 4) is 0 Å². The average Bonchev–Trinajstić information content (AvgIpc) is 2.79. The van der Waals surface area contributed by atoms with Gasteiger partial charge < -0.3 is 10.2 Å². The second-order valence-electron chi connectivity index (χ2n) is 5.67. The molecule has 1 saturated heterocycles. The van der Waals surface area contributed by atoms with E-state index < -0.39 is 0 Å². The minimum Gasteiger partial charge on any atom is -0.396 e. The van der Waals surface area contributed by atoms with Crippen molar-refractivity contribution in [3.05, 3.63) is 0 Å². The van der Waals surface area contributed by atoms with Gasteiger partial charge in [0.25, 0.3) is 0 Å². The van der Waals surface area contributed by atoms with Crippen molar-refractivity contribution < 1.29 is 10.2 Å². The lowest BCUT2D eigenvalue weighted by atomic mass is 9.85. The lowest BCUT2D eigenvalue weighted by molar-refractivity contribution is 0.0230. The number of hydrogen-bond acceptors (Lipinski definition) is 3. The Labute approximate surface area is 98.5 Å². The summed E-state index contributed by atoms with van der Waals surface area (Å²) in [6.45, 7) is 2.70. The molecule has 2 fully saturated rings. The molecule has 16 heavy (non-hydrogen) atoms. The van der Waals surface area contributed by atoms with Gasteiger partial charge in [-0.2, -0.15) is 0 Å². The monoisotopic (exact) mass is 227 g/mol. The fourth-order valence-corrected chi connectivity index (χ4v) is 3.40. The molecule has 1 atom stereocenters. The molecule has 0 aromatic rings. The highest BCUT2D eigenvalue weighted by molar-refractivity contribution is 4.89. The molecular weight excluding hydrogens is 202 g/mol. The zero-order chi connectivity index (χ0) is 11.4. The van der Waals surface area contributed by atoms with Crippen LogP contribution in [-0.4, -0.2) is 47.5 Å². The number of rotatable bonds is 4. The van der Waals surface area contributed by atoms with Gasteiger partial charge in [-0.1, -0.05) is 19.3 Å². The molecule has 0 radical (unpaired) electrons. The third kappa shape index (κ3) is 2.58. The van der Waals surface area contributed by atoms with Gasteiger partial charge in [0.15, 0.2) is 0 Å². The van der Waals surface area contributed by atoms with E-state index >= 15 is 0 Å². The van der Waals surface area contributed by atoms with Crippen LogP contribution in [0.5, 0.6) is 0 Å². The fourth-order valence-electron chi connectivity index (χ4n) is 3.40. The van der Waals surface area contributed by atoms with E-state index in [9.17, 15) is 10.2 Å². The molecule has 0 aromatic heterocycles. The number of hydrogen-bond donors (Lipinski definition) is 2. The molecule has 2 N–H and O–H groups in total. The van der Waals surface area contributed by atoms with E-state index in [4.69, 9.17) is 0 Å². The first-order valence-corrected chi connectivity index (χ1v) is 6.75. The summed E-state index contributed by atoms with van der Waals surface area (Å²) >= 11 is 0. The molecule has 0 bridgehead atoms. The molecule has 1 aliphatic heterocycles. The molecule has 3 heteroatoms. The number of aliphatic hydroxyl groups excluding tert-OH is 2. The SMILES string of the molecule is OCC1CCCCN1CC1(CO)CCCC1. The Morgan fingerprint density at radius 2 is 1.81 bits per heavy atom. The number of nitrogens with zero attached hydrogens (tertiary/aromatic N) is 1. The molecule has 3 nitrogen and oxygen atoms in total. The van der Waals surface area contributed by atoms with Crippen LogP contribution >= 0.6 is 0 Å². The highest BCUT2D eigenvalue weighted by atomic mass is 16.3. The van der Waals surface area contributed by atoms with Crippen LogP contribution in [0.4, 0.5) is 0 Å². The summed E-state index contributed by atoms with van der Waals surface area (Å²) in [4.78, 5) is 2.42. The third-order valence-corrected chi connectivity index (χ3v) is 4.50. The second-order valence-corrected chi connectivity index (χ2v) is 5.67. The normalized spacial score (nSPS) is 30.8. The van der Waals surface area contributed by atoms with Gasteiger partial charge in [0, 0.05) is 24.6 Å². The average molecular weight is 227 g/mol. The van der Waals surface area contributed by atoms with E-state index in [2.05, 4.69) is 4.90 Å². The van der Waals surface area contributed by atoms with Crippen molar-refractivity contribution in [1.29, 1.82) is 0 Å². The summed E-state index contributed by atoms with van der Waals surface area (Å²) in [5.74, 6) is 0. The van der Waals surface area contributed by atoms with Crippen LogP contribution in [-0.2, 0) is 0 Å². The Bertz CT molecular complexity index is 214. The fraction of sp³-hybridized carbons (Fsp3) is 1.00. The molecule has 1 heterocycles. The first kappa shape index (κ1) is 12.3. The second kappa shape index (κ2) is 5.48. The van der Waals surface area contributed by atoms with Crippen LogP contribution in [0.2, 0.25) is 0 Å². The van der Waals surface area contributed by atoms with Gasteiger partial charge in [0.05, 0.1) is 6.61 Å². The van der Waals surface area contributed by atoms with E-state index in [1.54, 1.807) is 0 Å². The minimum absolute atomic E-state index is 0.144. The molecule has 1 unspecified atom stereocenters. The number of aliphatic hydroxyl groups is 2. The zero-order valence-corrected chi connectivity index (χ0v) is 10.2. The van der Waals surface area contributed by atoms with Crippen LogP contribution in [0.25, 0.3) is 0 Å². The van der Waals surface area contributed by atoms with Crippen molar-refractivity contribution >= 4 is 0 Å². The Morgan fingerprint density at radius 3 is 2.44 bits per heavy atom. The van der Waals surface area contributed by atoms with Crippen molar-refractivity contribution in [3.63, 3.8) is 0 Å². The molecule has 0 aromatic carbocycles. The Morgan fingerprint density at radius 1 is 1.06 bits per heavy atom. The summed E-state index contributed by atoms with van der Waals surface area (Å²) in [7, 11) is 0. The highest BCUT2D eigenvalue weighted by Gasteiger charge is 2.37. The maximum Gasteiger partial charge on any atom is 0.0586 e. The molecule has 94 valence electrons. The summed E-state index contributed by atoms with van der Waals surface area (Å²) in [5.41, 5.74) is 0.144. The first-order valence-electron chi connectivity index (χ1n) is 6.75. The maximum atomic E-state index is 9.62. The highest BCUT2D eigenvalue weighted by Crippen LogP contribution is 2.39. The number of likely N-dealkylation sites (tertiary alicyclic amines) is 1. The molecule has 1 aliphatic carbocycles. The maximum absolute atomic E-state index is 9.62. The first-order chi connectivity index (χ1) is 7.79. The number of piperidine rings is 1. The van der Waals surface area contributed by atoms with Gasteiger partial charge in [0.2, 0.25) is 0 Å². The molecule has 0 amide bonds. The van der Waals surface area contributed by atoms with Crippen LogP contribution in [0.1, 0.15) is 44.9 Å². The molecule has 1 saturated carbocycles. The van der Waals surface area contributed by atoms with Gasteiger partial charge in [-0.3, -0.25) is 4.90 Å². The van der Waals surface area contributed by atoms with Crippen molar-refractivity contribution in [2.24, 2.45) is 5.41 Å². The molecule has 0 spiro atoms. The van der Waals surface area contributed by atoms with Crippen LogP contribution in [0.3, 0.4) is 0 Å². The largest absolute Gasteiger partial charge is 0.396 e. The Balaban J connectivity index is 1.95. The van der Waals surface area contributed by atoms with E-state index in [0.29, 0.717) is 12.6 Å². The van der Waals surface area contributed by atoms with Gasteiger partial charge in [0.1, 0.15) is 0 Å². The van der Waals surface area contributed by atoms with E-state index in [0.717, 1.165) is 32.4 Å². The standard InChI is InChI=1S/C13H25NO2/c15-9-12-5-1-4-8-14(12)10-13(11-16)6-2-3-7-13/h12,15-16H,1-11H2. The third-order valence-electron chi connectivity index (χ3n) is 4.50. The van der Waals surface area contributed by atoms with Crippen molar-refractivity contribution in [2.75, 3.05) is 26.3 Å². The quantitative estimate of drug-likeness (QED) is 0.762. The summed E-state index contributed by atoms with van der Waals surface area (Å²) in [5, 5.41) is 19.0. The van der Waals surface area contributed by atoms with Crippen molar-refractivity contribution in [2.45, 2.75) is 51.0 Å². The summed E-state index contributed by atoms with van der Waals surface area (Å²) < 4.78 is 0. The van der Waals surface area contributed by atoms with E-state index in [1.807, 2.05) is 0 Å². The lowest BCUT2D eigenvalue weighted by Gasteiger charge is -2.40. The molecular formula is C13H25NO2. The Hall–Kier alpha value is -0.120. The molecule has 2 rings (SSSR count). The van der Waals surface area contributed by atoms with Crippen LogP contribution < -0.4 is 0 Å². The van der Waals surface area contributed by atoms with Gasteiger partial charge in [-0.25, -0.2) is 0 Å².